The second-order valence-electron chi connectivity index (χ2n) is 6.18. The van der Waals surface area contributed by atoms with Gasteiger partial charge >= 0.3 is 0 Å². The molecule has 0 spiro atoms. The molecule has 0 aliphatic rings. The fourth-order valence-corrected chi connectivity index (χ4v) is 4.02. The van der Waals surface area contributed by atoms with Crippen molar-refractivity contribution in [2.24, 2.45) is 0 Å². The molecule has 0 saturated carbocycles. The summed E-state index contributed by atoms with van der Waals surface area (Å²) in [6.45, 7) is 3.71. The van der Waals surface area contributed by atoms with Crippen LogP contribution in [0.4, 0.5) is 0 Å². The molecule has 0 heterocycles. The molecule has 29 heavy (non-hydrogen) atoms. The van der Waals surface area contributed by atoms with Crippen molar-refractivity contribution in [1.82, 2.24) is 10.0 Å². The van der Waals surface area contributed by atoms with Crippen molar-refractivity contribution in [2.45, 2.75) is 24.8 Å². The van der Waals surface area contributed by atoms with Crippen molar-refractivity contribution in [2.75, 3.05) is 27.9 Å². The largest absolute Gasteiger partial charge is 0.495 e. The van der Waals surface area contributed by atoms with Crippen LogP contribution in [-0.2, 0) is 10.0 Å². The summed E-state index contributed by atoms with van der Waals surface area (Å²) in [6.07, 6.45) is 0. The summed E-state index contributed by atoms with van der Waals surface area (Å²) in [4.78, 5) is 12.6. The van der Waals surface area contributed by atoms with Gasteiger partial charge in [0, 0.05) is 12.1 Å². The van der Waals surface area contributed by atoms with Gasteiger partial charge in [-0.15, -0.1) is 0 Å². The molecule has 0 aliphatic carbocycles. The van der Waals surface area contributed by atoms with Crippen LogP contribution < -0.4 is 24.2 Å². The fourth-order valence-electron chi connectivity index (χ4n) is 2.78. The first-order valence-corrected chi connectivity index (χ1v) is 10.5. The number of hydrogen-bond donors (Lipinski definition) is 2. The maximum atomic E-state index is 12.7. The van der Waals surface area contributed by atoms with Gasteiger partial charge in [0.2, 0.25) is 10.0 Å². The van der Waals surface area contributed by atoms with Gasteiger partial charge in [-0.3, -0.25) is 4.79 Å². The molecule has 0 saturated heterocycles. The molecule has 1 amide bonds. The number of hydrogen-bond acceptors (Lipinski definition) is 6. The maximum Gasteiger partial charge on any atom is 0.251 e. The number of rotatable bonds is 9. The van der Waals surface area contributed by atoms with Gasteiger partial charge in [-0.05, 0) is 42.8 Å². The number of methoxy groups -OCH3 is 3. The minimum Gasteiger partial charge on any atom is -0.495 e. The van der Waals surface area contributed by atoms with Crippen LogP contribution in [-0.4, -0.2) is 42.2 Å². The molecular formula is C20H26N2O6S. The van der Waals surface area contributed by atoms with Crippen LogP contribution in [0.15, 0.2) is 41.3 Å². The summed E-state index contributed by atoms with van der Waals surface area (Å²) in [5, 5.41) is 2.86. The highest BCUT2D eigenvalue weighted by Gasteiger charge is 2.22. The SMILES string of the molecule is CCNS(=O)(=O)c1cc(C(=O)NC(C)c2ccc(OC)c(OC)c2)ccc1OC. The van der Waals surface area contributed by atoms with E-state index in [9.17, 15) is 13.2 Å². The molecule has 0 bridgehead atoms. The summed E-state index contributed by atoms with van der Waals surface area (Å²) in [7, 11) is 0.666. The molecular weight excluding hydrogens is 396 g/mol. The Morgan fingerprint density at radius 2 is 1.59 bits per heavy atom. The van der Waals surface area contributed by atoms with Gasteiger partial charge in [0.05, 0.1) is 27.4 Å². The zero-order valence-electron chi connectivity index (χ0n) is 17.1. The van der Waals surface area contributed by atoms with Gasteiger partial charge in [0.25, 0.3) is 5.91 Å². The third-order valence-corrected chi connectivity index (χ3v) is 5.87. The normalized spacial score (nSPS) is 12.2. The van der Waals surface area contributed by atoms with E-state index in [0.717, 1.165) is 5.56 Å². The van der Waals surface area contributed by atoms with E-state index in [2.05, 4.69) is 10.0 Å². The number of nitrogens with one attached hydrogen (secondary N) is 2. The van der Waals surface area contributed by atoms with Crippen LogP contribution in [0.25, 0.3) is 0 Å². The second kappa shape index (κ2) is 9.62. The average Bonchev–Trinajstić information content (AvgIpc) is 2.72. The van der Waals surface area contributed by atoms with E-state index in [4.69, 9.17) is 14.2 Å². The molecule has 2 rings (SSSR count). The maximum absolute atomic E-state index is 12.7. The Morgan fingerprint density at radius 3 is 2.17 bits per heavy atom. The van der Waals surface area contributed by atoms with Gasteiger partial charge in [-0.2, -0.15) is 0 Å². The highest BCUT2D eigenvalue weighted by molar-refractivity contribution is 7.89. The number of amides is 1. The monoisotopic (exact) mass is 422 g/mol. The molecule has 2 N–H and O–H groups in total. The zero-order chi connectivity index (χ0) is 21.6. The van der Waals surface area contributed by atoms with Crippen molar-refractivity contribution in [3.63, 3.8) is 0 Å². The standard InChI is InChI=1S/C20H26N2O6S/c1-6-21-29(24,25)19-12-15(8-10-17(19)27-4)20(23)22-13(2)14-7-9-16(26-3)18(11-14)28-5/h7-13,21H,6H2,1-5H3,(H,22,23). The van der Waals surface area contributed by atoms with E-state index < -0.39 is 15.9 Å². The molecule has 0 aromatic heterocycles. The zero-order valence-corrected chi connectivity index (χ0v) is 17.9. The number of benzene rings is 2. The molecule has 0 radical (unpaired) electrons. The number of ether oxygens (including phenoxy) is 3. The summed E-state index contributed by atoms with van der Waals surface area (Å²) < 4.78 is 42.9. The summed E-state index contributed by atoms with van der Waals surface area (Å²) in [6, 6.07) is 9.28. The molecule has 2 aromatic rings. The van der Waals surface area contributed by atoms with Crippen LogP contribution in [0.2, 0.25) is 0 Å². The first-order chi connectivity index (χ1) is 13.8. The molecule has 9 heteroatoms. The lowest BCUT2D eigenvalue weighted by atomic mass is 10.1. The number of carbonyl (C=O) groups excluding carboxylic acids is 1. The van der Waals surface area contributed by atoms with Crippen molar-refractivity contribution in [3.05, 3.63) is 47.5 Å². The summed E-state index contributed by atoms with van der Waals surface area (Å²) >= 11 is 0. The highest BCUT2D eigenvalue weighted by atomic mass is 32.2. The smallest absolute Gasteiger partial charge is 0.251 e. The Hall–Kier alpha value is -2.78. The topological polar surface area (TPSA) is 103 Å². The van der Waals surface area contributed by atoms with Crippen molar-refractivity contribution < 1.29 is 27.4 Å². The average molecular weight is 423 g/mol. The van der Waals surface area contributed by atoms with E-state index in [1.54, 1.807) is 26.2 Å². The Labute approximate surface area is 171 Å². The minimum absolute atomic E-state index is 0.0896. The van der Waals surface area contributed by atoms with Gasteiger partial charge in [0.15, 0.2) is 11.5 Å². The van der Waals surface area contributed by atoms with Crippen molar-refractivity contribution >= 4 is 15.9 Å². The predicted molar refractivity (Wildman–Crippen MR) is 109 cm³/mol. The van der Waals surface area contributed by atoms with E-state index in [0.29, 0.717) is 11.5 Å². The van der Waals surface area contributed by atoms with Crippen LogP contribution in [0.5, 0.6) is 17.2 Å². The van der Waals surface area contributed by atoms with Crippen LogP contribution in [0.1, 0.15) is 35.8 Å². The fraction of sp³-hybridized carbons (Fsp3) is 0.350. The Morgan fingerprint density at radius 1 is 0.966 bits per heavy atom. The number of carbonyl (C=O) groups is 1. The van der Waals surface area contributed by atoms with Crippen LogP contribution in [0.3, 0.4) is 0 Å². The third kappa shape index (κ3) is 5.18. The molecule has 1 unspecified atom stereocenters. The second-order valence-corrected chi connectivity index (χ2v) is 7.91. The molecule has 0 aliphatic heterocycles. The van der Waals surface area contributed by atoms with Crippen molar-refractivity contribution in [1.29, 1.82) is 0 Å². The third-order valence-electron chi connectivity index (χ3n) is 4.30. The first kappa shape index (κ1) is 22.5. The highest BCUT2D eigenvalue weighted by Crippen LogP contribution is 2.30. The van der Waals surface area contributed by atoms with Crippen LogP contribution >= 0.6 is 0 Å². The Kier molecular flexibility index (Phi) is 7.46. The minimum atomic E-state index is -3.79. The van der Waals surface area contributed by atoms with E-state index in [-0.39, 0.29) is 28.8 Å². The molecule has 2 aromatic carbocycles. The lowest BCUT2D eigenvalue weighted by molar-refractivity contribution is 0.0939. The number of sulfonamides is 1. The summed E-state index contributed by atoms with van der Waals surface area (Å²) in [5.74, 6) is 0.885. The lowest BCUT2D eigenvalue weighted by Crippen LogP contribution is -2.28. The van der Waals surface area contributed by atoms with Gasteiger partial charge in [0.1, 0.15) is 10.6 Å². The van der Waals surface area contributed by atoms with E-state index in [1.807, 2.05) is 13.0 Å². The van der Waals surface area contributed by atoms with E-state index in [1.165, 1.54) is 32.4 Å². The first-order valence-electron chi connectivity index (χ1n) is 8.97. The molecule has 1 atom stereocenters. The Balaban J connectivity index is 2.29. The summed E-state index contributed by atoms with van der Waals surface area (Å²) in [5.41, 5.74) is 1.01. The van der Waals surface area contributed by atoms with E-state index >= 15 is 0 Å². The van der Waals surface area contributed by atoms with Crippen LogP contribution in [0, 0.1) is 0 Å². The predicted octanol–water partition coefficient (Wildman–Crippen LogP) is 2.50. The van der Waals surface area contributed by atoms with Gasteiger partial charge < -0.3 is 19.5 Å². The van der Waals surface area contributed by atoms with Gasteiger partial charge in [-0.1, -0.05) is 13.0 Å². The molecule has 8 nitrogen and oxygen atoms in total. The Bertz CT molecular complexity index is 975. The molecule has 0 fully saturated rings. The lowest BCUT2D eigenvalue weighted by Gasteiger charge is -2.17. The quantitative estimate of drug-likeness (QED) is 0.644. The van der Waals surface area contributed by atoms with Gasteiger partial charge in [-0.25, -0.2) is 13.1 Å². The molecule has 158 valence electrons. The van der Waals surface area contributed by atoms with Crippen molar-refractivity contribution in [3.8, 4) is 17.2 Å².